The zero-order chi connectivity index (χ0) is 13.9. The fourth-order valence-electron chi connectivity index (χ4n) is 1.42. The van der Waals surface area contributed by atoms with Gasteiger partial charge in [-0.15, -0.1) is 10.2 Å². The number of anilines is 1. The number of rotatable bonds is 3. The van der Waals surface area contributed by atoms with E-state index in [0.717, 1.165) is 16.1 Å². The van der Waals surface area contributed by atoms with E-state index in [1.807, 2.05) is 24.3 Å². The van der Waals surface area contributed by atoms with E-state index in [2.05, 4.69) is 31.4 Å². The second kappa shape index (κ2) is 5.56. The molecule has 0 aliphatic carbocycles. The van der Waals surface area contributed by atoms with Crippen LogP contribution in [0.1, 0.15) is 11.3 Å². The summed E-state index contributed by atoms with van der Waals surface area (Å²) >= 11 is 3.34. The van der Waals surface area contributed by atoms with Crippen LogP contribution < -0.4 is 5.32 Å². The topological polar surface area (TPSA) is 37.8 Å². The summed E-state index contributed by atoms with van der Waals surface area (Å²) in [7, 11) is 0. The summed E-state index contributed by atoms with van der Waals surface area (Å²) in [5.41, 5.74) is -0.0171. The van der Waals surface area contributed by atoms with Crippen LogP contribution in [0.15, 0.2) is 40.9 Å². The van der Waals surface area contributed by atoms with Crippen LogP contribution in [0.5, 0.6) is 0 Å². The van der Waals surface area contributed by atoms with E-state index in [1.165, 1.54) is 6.07 Å². The molecule has 0 amide bonds. The van der Waals surface area contributed by atoms with Crippen molar-refractivity contribution < 1.29 is 13.2 Å². The molecule has 0 unspecified atom stereocenters. The van der Waals surface area contributed by atoms with Crippen molar-refractivity contribution in [2.24, 2.45) is 0 Å². The van der Waals surface area contributed by atoms with Crippen LogP contribution >= 0.6 is 15.9 Å². The van der Waals surface area contributed by atoms with Crippen LogP contribution in [0.4, 0.5) is 19.0 Å². The molecule has 7 heteroatoms. The number of hydrogen-bond acceptors (Lipinski definition) is 3. The van der Waals surface area contributed by atoms with Crippen molar-refractivity contribution in [1.82, 2.24) is 10.2 Å². The van der Waals surface area contributed by atoms with Gasteiger partial charge in [0, 0.05) is 11.0 Å². The molecule has 3 nitrogen and oxygen atoms in total. The first-order valence-corrected chi connectivity index (χ1v) is 6.14. The molecule has 0 saturated heterocycles. The SMILES string of the molecule is FC(F)(F)c1ccc(NCc2cccc(Br)c2)nn1. The van der Waals surface area contributed by atoms with E-state index in [9.17, 15) is 13.2 Å². The van der Waals surface area contributed by atoms with E-state index in [4.69, 9.17) is 0 Å². The lowest BCUT2D eigenvalue weighted by molar-refractivity contribution is -0.141. The Balaban J connectivity index is 2.01. The van der Waals surface area contributed by atoms with Crippen LogP contribution in [0, 0.1) is 0 Å². The van der Waals surface area contributed by atoms with E-state index in [-0.39, 0.29) is 0 Å². The van der Waals surface area contributed by atoms with Gasteiger partial charge in [-0.2, -0.15) is 13.2 Å². The van der Waals surface area contributed by atoms with Crippen molar-refractivity contribution in [2.45, 2.75) is 12.7 Å². The van der Waals surface area contributed by atoms with E-state index in [0.29, 0.717) is 12.4 Å². The maximum absolute atomic E-state index is 12.3. The molecule has 19 heavy (non-hydrogen) atoms. The molecule has 0 aliphatic rings. The van der Waals surface area contributed by atoms with Gasteiger partial charge in [0.2, 0.25) is 0 Å². The van der Waals surface area contributed by atoms with Crippen LogP contribution in [-0.2, 0) is 12.7 Å². The summed E-state index contributed by atoms with van der Waals surface area (Å²) in [5, 5.41) is 9.53. The lowest BCUT2D eigenvalue weighted by atomic mass is 10.2. The summed E-state index contributed by atoms with van der Waals surface area (Å²) < 4.78 is 37.8. The minimum Gasteiger partial charge on any atom is -0.365 e. The Labute approximate surface area is 116 Å². The molecule has 2 aromatic rings. The molecule has 1 N–H and O–H groups in total. The third-order valence-corrected chi connectivity index (χ3v) is 2.81. The Hall–Kier alpha value is -1.63. The number of aromatic nitrogens is 2. The first-order valence-electron chi connectivity index (χ1n) is 5.34. The second-order valence-corrected chi connectivity index (χ2v) is 4.70. The van der Waals surface area contributed by atoms with Crippen molar-refractivity contribution >= 4 is 21.7 Å². The third kappa shape index (κ3) is 3.92. The Morgan fingerprint density at radius 3 is 2.47 bits per heavy atom. The minimum absolute atomic E-state index is 0.299. The van der Waals surface area contributed by atoms with Gasteiger partial charge in [-0.1, -0.05) is 28.1 Å². The summed E-state index contributed by atoms with van der Waals surface area (Å²) in [4.78, 5) is 0. The average molecular weight is 332 g/mol. The predicted molar refractivity (Wildman–Crippen MR) is 68.5 cm³/mol. The lowest BCUT2D eigenvalue weighted by Crippen LogP contribution is -2.10. The van der Waals surface area contributed by atoms with E-state index in [1.54, 1.807) is 0 Å². The van der Waals surface area contributed by atoms with Crippen molar-refractivity contribution in [3.8, 4) is 0 Å². The van der Waals surface area contributed by atoms with Crippen LogP contribution in [0.25, 0.3) is 0 Å². The molecule has 0 spiro atoms. The van der Waals surface area contributed by atoms with Crippen LogP contribution in [0.2, 0.25) is 0 Å². The van der Waals surface area contributed by atoms with Crippen molar-refractivity contribution in [3.63, 3.8) is 0 Å². The first kappa shape index (κ1) is 13.8. The molecular formula is C12H9BrF3N3. The summed E-state index contributed by atoms with van der Waals surface area (Å²) in [5.74, 6) is 0.299. The normalized spacial score (nSPS) is 11.4. The maximum Gasteiger partial charge on any atom is 0.435 e. The first-order chi connectivity index (χ1) is 8.95. The van der Waals surface area contributed by atoms with Crippen molar-refractivity contribution in [2.75, 3.05) is 5.32 Å². The molecule has 1 aromatic heterocycles. The fraction of sp³-hybridized carbons (Fsp3) is 0.167. The maximum atomic E-state index is 12.3. The summed E-state index contributed by atoms with van der Waals surface area (Å²) in [6, 6.07) is 9.73. The zero-order valence-electron chi connectivity index (χ0n) is 9.58. The monoisotopic (exact) mass is 331 g/mol. The highest BCUT2D eigenvalue weighted by Gasteiger charge is 2.32. The second-order valence-electron chi connectivity index (χ2n) is 3.79. The van der Waals surface area contributed by atoms with Crippen LogP contribution in [-0.4, -0.2) is 10.2 Å². The van der Waals surface area contributed by atoms with Gasteiger partial charge >= 0.3 is 6.18 Å². The van der Waals surface area contributed by atoms with Gasteiger partial charge < -0.3 is 5.32 Å². The Morgan fingerprint density at radius 2 is 1.89 bits per heavy atom. The average Bonchev–Trinajstić information content (AvgIpc) is 2.36. The number of halogens is 4. The van der Waals surface area contributed by atoms with Gasteiger partial charge in [-0.3, -0.25) is 0 Å². The number of hydrogen-bond donors (Lipinski definition) is 1. The Kier molecular flexibility index (Phi) is 4.04. The molecule has 0 bridgehead atoms. The molecule has 0 atom stereocenters. The zero-order valence-corrected chi connectivity index (χ0v) is 11.2. The van der Waals surface area contributed by atoms with Gasteiger partial charge in [0.25, 0.3) is 0 Å². The Morgan fingerprint density at radius 1 is 1.11 bits per heavy atom. The molecule has 100 valence electrons. The number of nitrogens with one attached hydrogen (secondary N) is 1. The van der Waals surface area contributed by atoms with Gasteiger partial charge in [0.1, 0.15) is 5.82 Å². The van der Waals surface area contributed by atoms with E-state index >= 15 is 0 Å². The minimum atomic E-state index is -4.46. The molecular weight excluding hydrogens is 323 g/mol. The predicted octanol–water partition coefficient (Wildman–Crippen LogP) is 3.87. The van der Waals surface area contributed by atoms with Crippen molar-refractivity contribution in [3.05, 3.63) is 52.1 Å². The molecule has 2 rings (SSSR count). The highest BCUT2D eigenvalue weighted by atomic mass is 79.9. The molecule has 0 aliphatic heterocycles. The van der Waals surface area contributed by atoms with Crippen LogP contribution in [0.3, 0.4) is 0 Å². The highest BCUT2D eigenvalue weighted by Crippen LogP contribution is 2.27. The number of alkyl halides is 3. The van der Waals surface area contributed by atoms with Gasteiger partial charge in [0.05, 0.1) is 0 Å². The fourth-order valence-corrected chi connectivity index (χ4v) is 1.86. The van der Waals surface area contributed by atoms with E-state index < -0.39 is 11.9 Å². The smallest absolute Gasteiger partial charge is 0.365 e. The molecule has 0 fully saturated rings. The number of nitrogens with zero attached hydrogens (tertiary/aromatic N) is 2. The Bertz CT molecular complexity index is 555. The standard InChI is InChI=1S/C12H9BrF3N3/c13-9-3-1-2-8(6-9)7-17-11-5-4-10(18-19-11)12(14,15)16/h1-6H,7H2,(H,17,19). The molecule has 0 radical (unpaired) electrons. The van der Waals surface area contributed by atoms with Crippen molar-refractivity contribution in [1.29, 1.82) is 0 Å². The lowest BCUT2D eigenvalue weighted by Gasteiger charge is -2.07. The molecule has 0 saturated carbocycles. The molecule has 1 heterocycles. The summed E-state index contributed by atoms with van der Waals surface area (Å²) in [6.07, 6.45) is -4.46. The summed E-state index contributed by atoms with van der Waals surface area (Å²) in [6.45, 7) is 0.458. The van der Waals surface area contributed by atoms with Gasteiger partial charge in [0.15, 0.2) is 5.69 Å². The largest absolute Gasteiger partial charge is 0.435 e. The quantitative estimate of drug-likeness (QED) is 0.927. The van der Waals surface area contributed by atoms with Gasteiger partial charge in [-0.05, 0) is 29.8 Å². The van der Waals surface area contributed by atoms with Gasteiger partial charge in [-0.25, -0.2) is 0 Å². The molecule has 1 aromatic carbocycles. The highest BCUT2D eigenvalue weighted by molar-refractivity contribution is 9.10. The third-order valence-electron chi connectivity index (χ3n) is 2.32. The number of benzene rings is 1.